The second-order valence-corrected chi connectivity index (χ2v) is 6.85. The largest absolute Gasteiger partial charge is 0.462 e. The van der Waals surface area contributed by atoms with E-state index in [4.69, 9.17) is 21.2 Å². The van der Waals surface area contributed by atoms with Gasteiger partial charge in [-0.2, -0.15) is 0 Å². The minimum atomic E-state index is -0.368. The van der Waals surface area contributed by atoms with Gasteiger partial charge in [0, 0.05) is 16.0 Å². The number of benzene rings is 2. The zero-order valence-electron chi connectivity index (χ0n) is 15.1. The highest BCUT2D eigenvalue weighted by Gasteiger charge is 2.15. The van der Waals surface area contributed by atoms with Crippen LogP contribution in [0.2, 0.25) is 5.02 Å². The first-order valence-corrected chi connectivity index (χ1v) is 9.79. The topological polar surface area (TPSA) is 72.8 Å². The van der Waals surface area contributed by atoms with Gasteiger partial charge in [-0.15, -0.1) is 11.3 Å². The molecular weight excluding hydrogens is 398 g/mol. The summed E-state index contributed by atoms with van der Waals surface area (Å²) in [5.41, 5.74) is 5.46. The number of nitrogens with zero attached hydrogens (tertiary/aromatic N) is 2. The lowest BCUT2D eigenvalue weighted by Gasteiger charge is -2.06. The third-order valence-electron chi connectivity index (χ3n) is 3.63. The monoisotopic (exact) mass is 415 g/mol. The van der Waals surface area contributed by atoms with Crippen LogP contribution >= 0.6 is 22.9 Å². The van der Waals surface area contributed by atoms with Gasteiger partial charge >= 0.3 is 5.97 Å². The minimum Gasteiger partial charge on any atom is -0.462 e. The fourth-order valence-electron chi connectivity index (χ4n) is 2.41. The van der Waals surface area contributed by atoms with Gasteiger partial charge in [0.2, 0.25) is 5.13 Å². The number of hydroxylamine groups is 1. The Morgan fingerprint density at radius 1 is 1.29 bits per heavy atom. The van der Waals surface area contributed by atoms with Crippen molar-refractivity contribution in [3.8, 4) is 11.3 Å². The van der Waals surface area contributed by atoms with Crippen molar-refractivity contribution >= 4 is 40.4 Å². The maximum Gasteiger partial charge on any atom is 0.338 e. The van der Waals surface area contributed by atoms with E-state index in [0.717, 1.165) is 5.56 Å². The number of hydrogen-bond acceptors (Lipinski definition) is 6. The van der Waals surface area contributed by atoms with E-state index >= 15 is 0 Å². The van der Waals surface area contributed by atoms with Crippen LogP contribution in [0.1, 0.15) is 22.8 Å². The molecular formula is C20H18ClN3O3S. The molecule has 0 bridgehead atoms. The van der Waals surface area contributed by atoms with Crippen molar-refractivity contribution < 1.29 is 14.4 Å². The minimum absolute atomic E-state index is 0.320. The molecule has 8 heteroatoms. The molecule has 0 aliphatic rings. The van der Waals surface area contributed by atoms with E-state index in [0.29, 0.717) is 40.2 Å². The van der Waals surface area contributed by atoms with Crippen molar-refractivity contribution in [2.45, 2.75) is 13.5 Å². The van der Waals surface area contributed by atoms with E-state index in [9.17, 15) is 4.79 Å². The van der Waals surface area contributed by atoms with Crippen LogP contribution in [0.3, 0.4) is 0 Å². The molecule has 0 atom stereocenters. The molecule has 2 aromatic carbocycles. The normalized spacial score (nSPS) is 10.9. The lowest BCUT2D eigenvalue weighted by Crippen LogP contribution is -2.11. The summed E-state index contributed by atoms with van der Waals surface area (Å²) in [5, 5.41) is 3.04. The van der Waals surface area contributed by atoms with Crippen molar-refractivity contribution in [2.75, 3.05) is 6.61 Å². The quantitative estimate of drug-likeness (QED) is 0.184. The highest BCUT2D eigenvalue weighted by molar-refractivity contribution is 7.13. The van der Waals surface area contributed by atoms with Crippen LogP contribution in [0.5, 0.6) is 0 Å². The summed E-state index contributed by atoms with van der Waals surface area (Å²) in [4.78, 5) is 26.1. The van der Waals surface area contributed by atoms with Crippen LogP contribution in [0.4, 0.5) is 5.13 Å². The van der Waals surface area contributed by atoms with Gasteiger partial charge in [0.25, 0.3) is 0 Å². The van der Waals surface area contributed by atoms with Gasteiger partial charge in [-0.05, 0) is 30.7 Å². The molecule has 1 N–H and O–H groups in total. The van der Waals surface area contributed by atoms with E-state index in [1.54, 1.807) is 25.1 Å². The van der Waals surface area contributed by atoms with E-state index in [2.05, 4.69) is 15.5 Å². The molecule has 0 spiro atoms. The molecule has 0 saturated carbocycles. The van der Waals surface area contributed by atoms with Gasteiger partial charge in [-0.25, -0.2) is 14.8 Å². The molecule has 0 fully saturated rings. The number of carbonyl (C=O) groups is 1. The average molecular weight is 416 g/mol. The van der Waals surface area contributed by atoms with Crippen LogP contribution in [-0.2, 0) is 16.2 Å². The zero-order valence-corrected chi connectivity index (χ0v) is 16.7. The Bertz CT molecular complexity index is 975. The third kappa shape index (κ3) is 5.39. The molecule has 0 aliphatic carbocycles. The molecule has 0 unspecified atom stereocenters. The van der Waals surface area contributed by atoms with Gasteiger partial charge in [0.05, 0.1) is 24.5 Å². The second kappa shape index (κ2) is 9.98. The van der Waals surface area contributed by atoms with Crippen molar-refractivity contribution in [1.82, 2.24) is 10.5 Å². The number of ether oxygens (including phenoxy) is 1. The number of nitrogens with one attached hydrogen (secondary N) is 1. The maximum absolute atomic E-state index is 12.1. The van der Waals surface area contributed by atoms with E-state index in [-0.39, 0.29) is 5.97 Å². The number of thiazole rings is 1. The fourth-order valence-corrected chi connectivity index (χ4v) is 3.29. The summed E-state index contributed by atoms with van der Waals surface area (Å²) in [6, 6.07) is 14.6. The van der Waals surface area contributed by atoms with Gasteiger partial charge in [-0.1, -0.05) is 41.9 Å². The Morgan fingerprint density at radius 3 is 2.96 bits per heavy atom. The van der Waals surface area contributed by atoms with Crippen molar-refractivity contribution in [1.29, 1.82) is 0 Å². The van der Waals surface area contributed by atoms with Gasteiger partial charge in [-0.3, -0.25) is 10.3 Å². The Balaban J connectivity index is 1.60. The lowest BCUT2D eigenvalue weighted by atomic mass is 10.1. The predicted octanol–water partition coefficient (Wildman–Crippen LogP) is 5.02. The zero-order chi connectivity index (χ0) is 19.8. The summed E-state index contributed by atoms with van der Waals surface area (Å²) in [5.74, 6) is -0.368. The molecule has 3 aromatic rings. The molecule has 28 heavy (non-hydrogen) atoms. The van der Waals surface area contributed by atoms with Crippen molar-refractivity contribution in [3.05, 3.63) is 70.1 Å². The van der Waals surface area contributed by atoms with Crippen molar-refractivity contribution in [3.63, 3.8) is 0 Å². The van der Waals surface area contributed by atoms with E-state index in [1.807, 2.05) is 35.7 Å². The number of esters is 1. The first-order chi connectivity index (χ1) is 13.7. The first kappa shape index (κ1) is 20.0. The van der Waals surface area contributed by atoms with Crippen LogP contribution in [0.25, 0.3) is 11.3 Å². The first-order valence-electron chi connectivity index (χ1n) is 8.53. The maximum atomic E-state index is 12.1. The molecule has 0 aliphatic heterocycles. The van der Waals surface area contributed by atoms with Crippen LogP contribution in [0.15, 0.2) is 58.9 Å². The number of aliphatic imine (C=N–C) groups is 1. The lowest BCUT2D eigenvalue weighted by molar-refractivity contribution is 0.0527. The summed E-state index contributed by atoms with van der Waals surface area (Å²) in [6.07, 6.45) is 1.42. The van der Waals surface area contributed by atoms with Gasteiger partial charge in [0.1, 0.15) is 6.34 Å². The Morgan fingerprint density at radius 2 is 2.14 bits per heavy atom. The summed E-state index contributed by atoms with van der Waals surface area (Å²) >= 11 is 7.29. The Kier molecular flexibility index (Phi) is 7.13. The predicted molar refractivity (Wildman–Crippen MR) is 111 cm³/mol. The third-order valence-corrected chi connectivity index (χ3v) is 4.61. The van der Waals surface area contributed by atoms with Gasteiger partial charge in [0.15, 0.2) is 0 Å². The number of aromatic nitrogens is 1. The fraction of sp³-hybridized carbons (Fsp3) is 0.150. The molecule has 3 rings (SSSR count). The molecule has 1 heterocycles. The second-order valence-electron chi connectivity index (χ2n) is 5.58. The molecule has 0 saturated heterocycles. The summed E-state index contributed by atoms with van der Waals surface area (Å²) in [7, 11) is 0. The smallest absolute Gasteiger partial charge is 0.338 e. The van der Waals surface area contributed by atoms with Crippen molar-refractivity contribution in [2.24, 2.45) is 4.99 Å². The number of halogens is 1. The molecule has 144 valence electrons. The standard InChI is InChI=1S/C20H18ClN3O3S/c1-2-26-19(25)17-9-4-3-8-16(17)18-12-28-20(24-18)22-13-23-27-11-14-6-5-7-15(21)10-14/h3-10,12-13H,2,11H2,1H3,(H,22,23,24). The molecule has 0 amide bonds. The highest BCUT2D eigenvalue weighted by Crippen LogP contribution is 2.29. The van der Waals surface area contributed by atoms with E-state index in [1.165, 1.54) is 17.7 Å². The molecule has 1 aromatic heterocycles. The average Bonchev–Trinajstić information content (AvgIpc) is 3.17. The van der Waals surface area contributed by atoms with Crippen LogP contribution < -0.4 is 5.48 Å². The Labute approximate surface area is 171 Å². The highest BCUT2D eigenvalue weighted by atomic mass is 35.5. The van der Waals surface area contributed by atoms with Gasteiger partial charge < -0.3 is 4.74 Å². The molecule has 0 radical (unpaired) electrons. The molecule has 6 nitrogen and oxygen atoms in total. The van der Waals surface area contributed by atoms with Crippen LogP contribution in [0, 0.1) is 0 Å². The number of hydrogen-bond donors (Lipinski definition) is 1. The summed E-state index contributed by atoms with van der Waals surface area (Å²) < 4.78 is 5.10. The van der Waals surface area contributed by atoms with E-state index < -0.39 is 0 Å². The SMILES string of the molecule is CCOC(=O)c1ccccc1-c1csc(N=CNOCc2cccc(Cl)c2)n1. The number of carbonyl (C=O) groups excluding carboxylic acids is 1. The van der Waals surface area contributed by atoms with Crippen LogP contribution in [-0.4, -0.2) is 23.9 Å². The number of rotatable bonds is 8. The Hall–Kier alpha value is -2.74. The summed E-state index contributed by atoms with van der Waals surface area (Å²) in [6.45, 7) is 2.45.